The number of benzene rings is 3. The molecule has 3 aromatic rings. The van der Waals surface area contributed by atoms with Gasteiger partial charge in [-0.25, -0.2) is 9.18 Å². The molecule has 0 spiro atoms. The number of esters is 1. The zero-order chi connectivity index (χ0) is 24.5. The number of nitrogens with one attached hydrogen (secondary N) is 1. The molecular weight excluding hydrogens is 441 g/mol. The van der Waals surface area contributed by atoms with Crippen molar-refractivity contribution >= 4 is 23.3 Å². The Labute approximate surface area is 196 Å². The molecule has 34 heavy (non-hydrogen) atoms. The van der Waals surface area contributed by atoms with Gasteiger partial charge in [-0.3, -0.25) is 9.59 Å². The fraction of sp³-hybridized carbons (Fsp3) is 0.192. The molecule has 0 saturated heterocycles. The molecular formula is C26H24FNO6. The number of anilines is 1. The molecule has 0 aromatic heterocycles. The molecule has 1 amide bonds. The van der Waals surface area contributed by atoms with Gasteiger partial charge in [-0.2, -0.15) is 0 Å². The highest BCUT2D eigenvalue weighted by atomic mass is 19.1. The number of carbonyl (C=O) groups excluding carboxylic acids is 3. The van der Waals surface area contributed by atoms with E-state index in [2.05, 4.69) is 5.32 Å². The van der Waals surface area contributed by atoms with E-state index in [4.69, 9.17) is 14.2 Å². The largest absolute Gasteiger partial charge is 0.497 e. The van der Waals surface area contributed by atoms with Crippen molar-refractivity contribution < 1.29 is 33.0 Å². The first kappa shape index (κ1) is 24.4. The van der Waals surface area contributed by atoms with Crippen molar-refractivity contribution in [2.45, 2.75) is 12.8 Å². The Bertz CT molecular complexity index is 1180. The van der Waals surface area contributed by atoms with Crippen LogP contribution in [0.5, 0.6) is 11.5 Å². The molecule has 0 saturated carbocycles. The molecule has 0 aliphatic heterocycles. The van der Waals surface area contributed by atoms with Gasteiger partial charge in [-0.1, -0.05) is 24.3 Å². The van der Waals surface area contributed by atoms with Crippen LogP contribution in [0.15, 0.2) is 66.7 Å². The number of carbonyl (C=O) groups is 3. The average Bonchev–Trinajstić information content (AvgIpc) is 2.86. The minimum atomic E-state index is -0.784. The number of ether oxygens (including phenoxy) is 3. The fourth-order valence-corrected chi connectivity index (χ4v) is 3.16. The number of rotatable bonds is 10. The molecule has 7 nitrogen and oxygen atoms in total. The summed E-state index contributed by atoms with van der Waals surface area (Å²) in [6.45, 7) is -0.579. The maximum Gasteiger partial charge on any atom is 0.340 e. The first-order valence-corrected chi connectivity index (χ1v) is 10.5. The standard InChI is InChI=1S/C26H24FNO6/c1-32-19-11-7-17(8-12-19)9-14-25(30)28-22-6-4-3-5-20(22)26(31)34-16-23(29)18-10-13-24(33-2)21(27)15-18/h3-8,10-13,15H,9,14,16H2,1-2H3,(H,28,30). The van der Waals surface area contributed by atoms with Crippen LogP contribution in [0, 0.1) is 5.82 Å². The molecule has 176 valence electrons. The number of aryl methyl sites for hydroxylation is 1. The van der Waals surface area contributed by atoms with Crippen molar-refractivity contribution in [1.29, 1.82) is 0 Å². The van der Waals surface area contributed by atoms with Crippen LogP contribution in [0.1, 0.15) is 32.7 Å². The van der Waals surface area contributed by atoms with Crippen molar-refractivity contribution in [3.8, 4) is 11.5 Å². The Morgan fingerprint density at radius 1 is 0.912 bits per heavy atom. The molecule has 0 unspecified atom stereocenters. The smallest absolute Gasteiger partial charge is 0.340 e. The van der Waals surface area contributed by atoms with Gasteiger partial charge in [0, 0.05) is 12.0 Å². The number of hydrogen-bond acceptors (Lipinski definition) is 6. The number of para-hydroxylation sites is 1. The highest BCUT2D eigenvalue weighted by molar-refractivity contribution is 6.03. The first-order chi connectivity index (χ1) is 16.4. The Morgan fingerprint density at radius 3 is 2.32 bits per heavy atom. The minimum Gasteiger partial charge on any atom is -0.497 e. The third-order valence-corrected chi connectivity index (χ3v) is 5.03. The van der Waals surface area contributed by atoms with Crippen LogP contribution in [-0.4, -0.2) is 38.5 Å². The molecule has 0 atom stereocenters. The van der Waals surface area contributed by atoms with E-state index >= 15 is 0 Å². The molecule has 0 heterocycles. The van der Waals surface area contributed by atoms with Crippen LogP contribution >= 0.6 is 0 Å². The summed E-state index contributed by atoms with van der Waals surface area (Å²) in [5.41, 5.74) is 1.40. The molecule has 1 N–H and O–H groups in total. The molecule has 0 fully saturated rings. The van der Waals surface area contributed by atoms with Crippen molar-refractivity contribution in [1.82, 2.24) is 0 Å². The molecule has 0 bridgehead atoms. The monoisotopic (exact) mass is 465 g/mol. The predicted molar refractivity (Wildman–Crippen MR) is 124 cm³/mol. The van der Waals surface area contributed by atoms with Crippen molar-refractivity contribution in [3.63, 3.8) is 0 Å². The highest BCUT2D eigenvalue weighted by Gasteiger charge is 2.17. The normalized spacial score (nSPS) is 10.3. The maximum atomic E-state index is 13.8. The number of amides is 1. The van der Waals surface area contributed by atoms with Crippen LogP contribution < -0.4 is 14.8 Å². The number of Topliss-reactive ketones (excluding diaryl/α,β-unsaturated/α-hetero) is 1. The summed E-state index contributed by atoms with van der Waals surface area (Å²) in [6, 6.07) is 17.5. The molecule has 0 aliphatic rings. The average molecular weight is 465 g/mol. The lowest BCUT2D eigenvalue weighted by molar-refractivity contribution is -0.116. The lowest BCUT2D eigenvalue weighted by atomic mass is 10.1. The van der Waals surface area contributed by atoms with Crippen LogP contribution in [0.4, 0.5) is 10.1 Å². The van der Waals surface area contributed by atoms with E-state index in [0.29, 0.717) is 6.42 Å². The summed E-state index contributed by atoms with van der Waals surface area (Å²) in [4.78, 5) is 37.3. The topological polar surface area (TPSA) is 90.9 Å². The second kappa shape index (κ2) is 11.6. The van der Waals surface area contributed by atoms with Gasteiger partial charge in [-0.05, 0) is 54.4 Å². The van der Waals surface area contributed by atoms with Gasteiger partial charge in [0.2, 0.25) is 5.91 Å². The van der Waals surface area contributed by atoms with Crippen LogP contribution in [0.2, 0.25) is 0 Å². The van der Waals surface area contributed by atoms with Crippen molar-refractivity contribution in [2.24, 2.45) is 0 Å². The number of ketones is 1. The Balaban J connectivity index is 1.57. The molecule has 8 heteroatoms. The van der Waals surface area contributed by atoms with E-state index in [0.717, 1.165) is 17.4 Å². The Morgan fingerprint density at radius 2 is 1.65 bits per heavy atom. The van der Waals surface area contributed by atoms with Crippen molar-refractivity contribution in [2.75, 3.05) is 26.1 Å². The Kier molecular flexibility index (Phi) is 8.34. The van der Waals surface area contributed by atoms with E-state index in [-0.39, 0.29) is 34.9 Å². The summed E-state index contributed by atoms with van der Waals surface area (Å²) >= 11 is 0. The zero-order valence-electron chi connectivity index (χ0n) is 18.8. The van der Waals surface area contributed by atoms with E-state index < -0.39 is 24.2 Å². The predicted octanol–water partition coefficient (Wildman–Crippen LogP) is 4.45. The number of halogens is 1. The molecule has 0 radical (unpaired) electrons. The van der Waals surface area contributed by atoms with Gasteiger partial charge in [0.1, 0.15) is 5.75 Å². The van der Waals surface area contributed by atoms with E-state index in [1.807, 2.05) is 24.3 Å². The summed E-state index contributed by atoms with van der Waals surface area (Å²) < 4.78 is 28.9. The minimum absolute atomic E-state index is 0.00482. The summed E-state index contributed by atoms with van der Waals surface area (Å²) in [7, 11) is 2.90. The van der Waals surface area contributed by atoms with Gasteiger partial charge >= 0.3 is 5.97 Å². The van der Waals surface area contributed by atoms with Crippen LogP contribution in [0.25, 0.3) is 0 Å². The van der Waals surface area contributed by atoms with E-state index in [1.54, 1.807) is 25.3 Å². The van der Waals surface area contributed by atoms with Gasteiger partial charge in [0.25, 0.3) is 0 Å². The van der Waals surface area contributed by atoms with Crippen LogP contribution in [0.3, 0.4) is 0 Å². The lowest BCUT2D eigenvalue weighted by Gasteiger charge is -2.11. The number of hydrogen-bond donors (Lipinski definition) is 1. The molecule has 0 aliphatic carbocycles. The third-order valence-electron chi connectivity index (χ3n) is 5.03. The summed E-state index contributed by atoms with van der Waals surface area (Å²) in [5, 5.41) is 2.71. The first-order valence-electron chi connectivity index (χ1n) is 10.5. The van der Waals surface area contributed by atoms with Gasteiger partial charge in [-0.15, -0.1) is 0 Å². The van der Waals surface area contributed by atoms with E-state index in [1.165, 1.54) is 25.3 Å². The SMILES string of the molecule is COc1ccc(CCC(=O)Nc2ccccc2C(=O)OCC(=O)c2ccc(OC)c(F)c2)cc1. The summed E-state index contributed by atoms with van der Waals surface area (Å²) in [6.07, 6.45) is 0.715. The van der Waals surface area contributed by atoms with Gasteiger partial charge in [0.05, 0.1) is 25.5 Å². The lowest BCUT2D eigenvalue weighted by Crippen LogP contribution is -2.18. The Hall–Kier alpha value is -4.20. The second-order valence-corrected chi connectivity index (χ2v) is 7.29. The maximum absolute atomic E-state index is 13.8. The zero-order valence-corrected chi connectivity index (χ0v) is 18.8. The highest BCUT2D eigenvalue weighted by Crippen LogP contribution is 2.20. The molecule has 3 aromatic carbocycles. The van der Waals surface area contributed by atoms with Gasteiger partial charge < -0.3 is 19.5 Å². The quantitative estimate of drug-likeness (QED) is 0.351. The number of methoxy groups -OCH3 is 2. The van der Waals surface area contributed by atoms with Crippen molar-refractivity contribution in [3.05, 3.63) is 89.2 Å². The second-order valence-electron chi connectivity index (χ2n) is 7.29. The fourth-order valence-electron chi connectivity index (χ4n) is 3.16. The van der Waals surface area contributed by atoms with Gasteiger partial charge in [0.15, 0.2) is 24.0 Å². The van der Waals surface area contributed by atoms with E-state index in [9.17, 15) is 18.8 Å². The summed E-state index contributed by atoms with van der Waals surface area (Å²) in [5.74, 6) is -1.59. The molecule has 3 rings (SSSR count). The third kappa shape index (κ3) is 6.41. The van der Waals surface area contributed by atoms with Crippen LogP contribution in [-0.2, 0) is 16.0 Å².